The maximum Gasteiger partial charge on any atom is 0.240 e. The van der Waals surface area contributed by atoms with E-state index in [1.165, 1.54) is 7.11 Å². The molecule has 0 atom stereocenters. The predicted octanol–water partition coefficient (Wildman–Crippen LogP) is 3.13. The van der Waals surface area contributed by atoms with Gasteiger partial charge >= 0.3 is 0 Å². The SMILES string of the molecule is COc1ccc(NC(=O)C2(C(=O)Nc3ccc(N(C)C)cc3)CC2)c(OC)c1. The highest BCUT2D eigenvalue weighted by Crippen LogP contribution is 2.48. The number of anilines is 3. The highest BCUT2D eigenvalue weighted by Gasteiger charge is 2.56. The minimum absolute atomic E-state index is 0.296. The van der Waals surface area contributed by atoms with Gasteiger partial charge in [0, 0.05) is 31.5 Å². The average Bonchev–Trinajstić information content (AvgIpc) is 3.51. The van der Waals surface area contributed by atoms with Crippen molar-refractivity contribution in [3.63, 3.8) is 0 Å². The van der Waals surface area contributed by atoms with Crippen LogP contribution < -0.4 is 25.0 Å². The fourth-order valence-corrected chi connectivity index (χ4v) is 2.92. The number of nitrogens with zero attached hydrogens (tertiary/aromatic N) is 1. The normalized spacial score (nSPS) is 14.0. The fourth-order valence-electron chi connectivity index (χ4n) is 2.92. The van der Waals surface area contributed by atoms with Crippen molar-refractivity contribution in [1.82, 2.24) is 0 Å². The molecule has 0 radical (unpaired) electrons. The molecule has 1 saturated carbocycles. The third-order valence-corrected chi connectivity index (χ3v) is 4.92. The molecule has 0 saturated heterocycles. The van der Waals surface area contributed by atoms with E-state index in [0.717, 1.165) is 5.69 Å². The van der Waals surface area contributed by atoms with Gasteiger partial charge in [0.1, 0.15) is 16.9 Å². The molecule has 7 nitrogen and oxygen atoms in total. The van der Waals surface area contributed by atoms with Gasteiger partial charge in [-0.15, -0.1) is 0 Å². The molecular weight excluding hydrogens is 358 g/mol. The Hall–Kier alpha value is -3.22. The summed E-state index contributed by atoms with van der Waals surface area (Å²) in [5.41, 5.74) is 1.15. The lowest BCUT2D eigenvalue weighted by atomic mass is 10.0. The second-order valence-electron chi connectivity index (χ2n) is 7.00. The van der Waals surface area contributed by atoms with Gasteiger partial charge in [0.2, 0.25) is 11.8 Å². The van der Waals surface area contributed by atoms with Gasteiger partial charge < -0.3 is 25.0 Å². The second-order valence-corrected chi connectivity index (χ2v) is 7.00. The summed E-state index contributed by atoms with van der Waals surface area (Å²) in [5.74, 6) is 0.464. The van der Waals surface area contributed by atoms with E-state index in [1.54, 1.807) is 25.3 Å². The van der Waals surface area contributed by atoms with Crippen LogP contribution in [0.3, 0.4) is 0 Å². The summed E-state index contributed by atoms with van der Waals surface area (Å²) < 4.78 is 10.5. The van der Waals surface area contributed by atoms with Crippen molar-refractivity contribution in [2.24, 2.45) is 5.41 Å². The first kappa shape index (κ1) is 19.5. The van der Waals surface area contributed by atoms with Crippen LogP contribution in [-0.4, -0.2) is 40.1 Å². The molecule has 0 aliphatic heterocycles. The number of carbonyl (C=O) groups excluding carboxylic acids is 2. The lowest BCUT2D eigenvalue weighted by molar-refractivity contribution is -0.131. The Labute approximate surface area is 164 Å². The van der Waals surface area contributed by atoms with Gasteiger partial charge in [-0.3, -0.25) is 9.59 Å². The third kappa shape index (κ3) is 3.88. The van der Waals surface area contributed by atoms with Crippen LogP contribution >= 0.6 is 0 Å². The number of carbonyl (C=O) groups is 2. The highest BCUT2D eigenvalue weighted by atomic mass is 16.5. The largest absolute Gasteiger partial charge is 0.497 e. The van der Waals surface area contributed by atoms with Crippen molar-refractivity contribution < 1.29 is 19.1 Å². The molecule has 1 aliphatic rings. The molecule has 148 valence electrons. The van der Waals surface area contributed by atoms with Gasteiger partial charge in [-0.2, -0.15) is 0 Å². The molecule has 0 unspecified atom stereocenters. The van der Waals surface area contributed by atoms with E-state index < -0.39 is 5.41 Å². The smallest absolute Gasteiger partial charge is 0.240 e. The molecule has 2 amide bonds. The summed E-state index contributed by atoms with van der Waals surface area (Å²) in [7, 11) is 6.97. The zero-order valence-corrected chi connectivity index (χ0v) is 16.5. The van der Waals surface area contributed by atoms with Gasteiger partial charge in [-0.25, -0.2) is 0 Å². The number of benzene rings is 2. The maximum atomic E-state index is 12.8. The molecule has 0 aromatic heterocycles. The van der Waals surface area contributed by atoms with Crippen molar-refractivity contribution in [2.45, 2.75) is 12.8 Å². The van der Waals surface area contributed by atoms with Gasteiger partial charge in [-0.1, -0.05) is 0 Å². The Balaban J connectivity index is 1.70. The second kappa shape index (κ2) is 7.80. The third-order valence-electron chi connectivity index (χ3n) is 4.92. The predicted molar refractivity (Wildman–Crippen MR) is 109 cm³/mol. The zero-order valence-electron chi connectivity index (χ0n) is 16.5. The van der Waals surface area contributed by atoms with Crippen LogP contribution in [0.2, 0.25) is 0 Å². The topological polar surface area (TPSA) is 79.9 Å². The molecule has 2 N–H and O–H groups in total. The summed E-state index contributed by atoms with van der Waals surface area (Å²) in [4.78, 5) is 27.6. The number of hydrogen-bond donors (Lipinski definition) is 2. The Morgan fingerprint density at radius 3 is 2.11 bits per heavy atom. The molecule has 0 bridgehead atoms. The Bertz CT molecular complexity index is 874. The number of nitrogens with one attached hydrogen (secondary N) is 2. The minimum atomic E-state index is -1.05. The summed E-state index contributed by atoms with van der Waals surface area (Å²) in [6.07, 6.45) is 1.03. The number of rotatable bonds is 7. The first-order chi connectivity index (χ1) is 13.4. The number of hydrogen-bond acceptors (Lipinski definition) is 5. The summed E-state index contributed by atoms with van der Waals surface area (Å²) in [6, 6.07) is 12.6. The molecular formula is C21H25N3O4. The Morgan fingerprint density at radius 1 is 0.929 bits per heavy atom. The standard InChI is InChI=1S/C21H25N3O4/c1-24(2)15-7-5-14(6-8-15)22-19(25)21(11-12-21)20(26)23-17-10-9-16(27-3)13-18(17)28-4/h5-10,13H,11-12H2,1-4H3,(H,22,25)(H,23,26). The van der Waals surface area contributed by atoms with Crippen LogP contribution in [-0.2, 0) is 9.59 Å². The van der Waals surface area contributed by atoms with Crippen molar-refractivity contribution in [1.29, 1.82) is 0 Å². The molecule has 7 heteroatoms. The molecule has 2 aromatic rings. The summed E-state index contributed by atoms with van der Waals surface area (Å²) >= 11 is 0. The van der Waals surface area contributed by atoms with Crippen LogP contribution in [0.25, 0.3) is 0 Å². The summed E-state index contributed by atoms with van der Waals surface area (Å²) in [6.45, 7) is 0. The molecule has 28 heavy (non-hydrogen) atoms. The molecule has 0 spiro atoms. The van der Waals surface area contributed by atoms with Gasteiger partial charge in [0.25, 0.3) is 0 Å². The van der Waals surface area contributed by atoms with E-state index in [0.29, 0.717) is 35.7 Å². The van der Waals surface area contributed by atoms with Crippen molar-refractivity contribution in [3.05, 3.63) is 42.5 Å². The number of ether oxygens (including phenoxy) is 2. The first-order valence-electron chi connectivity index (χ1n) is 9.02. The molecule has 0 heterocycles. The maximum absolute atomic E-state index is 12.8. The van der Waals surface area contributed by atoms with E-state index in [2.05, 4.69) is 10.6 Å². The molecule has 1 aliphatic carbocycles. The molecule has 2 aromatic carbocycles. The minimum Gasteiger partial charge on any atom is -0.497 e. The van der Waals surface area contributed by atoms with E-state index in [-0.39, 0.29) is 11.8 Å². The monoisotopic (exact) mass is 383 g/mol. The molecule has 1 fully saturated rings. The van der Waals surface area contributed by atoms with Gasteiger partial charge in [0.05, 0.1) is 19.9 Å². The van der Waals surface area contributed by atoms with E-state index in [1.807, 2.05) is 43.3 Å². The lowest BCUT2D eigenvalue weighted by Crippen LogP contribution is -2.35. The lowest BCUT2D eigenvalue weighted by Gasteiger charge is -2.18. The van der Waals surface area contributed by atoms with Crippen LogP contribution in [0.15, 0.2) is 42.5 Å². The van der Waals surface area contributed by atoms with Crippen molar-refractivity contribution >= 4 is 28.9 Å². The number of amides is 2. The van der Waals surface area contributed by atoms with E-state index in [9.17, 15) is 9.59 Å². The number of methoxy groups -OCH3 is 2. The van der Waals surface area contributed by atoms with Gasteiger partial charge in [0.15, 0.2) is 0 Å². The van der Waals surface area contributed by atoms with Crippen LogP contribution in [0.1, 0.15) is 12.8 Å². The summed E-state index contributed by atoms with van der Waals surface area (Å²) in [5, 5.41) is 5.67. The zero-order chi connectivity index (χ0) is 20.3. The Kier molecular flexibility index (Phi) is 5.44. The van der Waals surface area contributed by atoms with Crippen LogP contribution in [0, 0.1) is 5.41 Å². The van der Waals surface area contributed by atoms with Crippen LogP contribution in [0.4, 0.5) is 17.1 Å². The molecule has 3 rings (SSSR count). The van der Waals surface area contributed by atoms with Gasteiger partial charge in [-0.05, 0) is 49.2 Å². The average molecular weight is 383 g/mol. The Morgan fingerprint density at radius 2 is 1.57 bits per heavy atom. The first-order valence-corrected chi connectivity index (χ1v) is 9.02. The van der Waals surface area contributed by atoms with E-state index in [4.69, 9.17) is 9.47 Å². The fraction of sp³-hybridized carbons (Fsp3) is 0.333. The van der Waals surface area contributed by atoms with Crippen molar-refractivity contribution in [2.75, 3.05) is 43.8 Å². The van der Waals surface area contributed by atoms with Crippen molar-refractivity contribution in [3.8, 4) is 11.5 Å². The van der Waals surface area contributed by atoms with E-state index >= 15 is 0 Å². The quantitative estimate of drug-likeness (QED) is 0.718. The van der Waals surface area contributed by atoms with Crippen LogP contribution in [0.5, 0.6) is 11.5 Å². The highest BCUT2D eigenvalue weighted by molar-refractivity contribution is 6.17.